The second-order valence-corrected chi connectivity index (χ2v) is 9.81. The van der Waals surface area contributed by atoms with Crippen molar-refractivity contribution < 1.29 is 9.47 Å². The Balaban J connectivity index is 1.21. The van der Waals surface area contributed by atoms with Crippen LogP contribution in [-0.4, -0.2) is 12.8 Å². The summed E-state index contributed by atoms with van der Waals surface area (Å²) >= 11 is 0. The van der Waals surface area contributed by atoms with Gasteiger partial charge >= 0.3 is 0 Å². The van der Waals surface area contributed by atoms with E-state index in [1.807, 2.05) is 6.07 Å². The van der Waals surface area contributed by atoms with Gasteiger partial charge in [-0.25, -0.2) is 0 Å². The van der Waals surface area contributed by atoms with Gasteiger partial charge in [0.05, 0.1) is 0 Å². The number of rotatable bonds is 8. The number of allylic oxidation sites excluding steroid dienone is 1. The van der Waals surface area contributed by atoms with Gasteiger partial charge in [0.15, 0.2) is 11.5 Å². The van der Waals surface area contributed by atoms with E-state index in [2.05, 4.69) is 121 Å². The maximum atomic E-state index is 5.69. The molecule has 37 heavy (non-hydrogen) atoms. The molecular formula is C34H31NO2. The minimum Gasteiger partial charge on any atom is -0.454 e. The first kappa shape index (κ1) is 23.3. The minimum atomic E-state index is 0.257. The van der Waals surface area contributed by atoms with Gasteiger partial charge in [-0.05, 0) is 75.8 Å². The van der Waals surface area contributed by atoms with E-state index >= 15 is 0 Å². The van der Waals surface area contributed by atoms with Gasteiger partial charge in [0.25, 0.3) is 0 Å². The van der Waals surface area contributed by atoms with Crippen molar-refractivity contribution in [3.63, 3.8) is 0 Å². The van der Waals surface area contributed by atoms with Crippen molar-refractivity contribution >= 4 is 27.6 Å². The summed E-state index contributed by atoms with van der Waals surface area (Å²) in [5.41, 5.74) is 3.77. The third-order valence-corrected chi connectivity index (χ3v) is 7.34. The fourth-order valence-electron chi connectivity index (χ4n) is 5.20. The smallest absolute Gasteiger partial charge is 0.231 e. The van der Waals surface area contributed by atoms with Crippen LogP contribution >= 0.6 is 0 Å². The zero-order chi connectivity index (χ0) is 25.0. The van der Waals surface area contributed by atoms with Gasteiger partial charge in [-0.1, -0.05) is 91.0 Å². The van der Waals surface area contributed by atoms with Crippen LogP contribution in [0.2, 0.25) is 0 Å². The van der Waals surface area contributed by atoms with Crippen molar-refractivity contribution in [2.45, 2.75) is 31.8 Å². The van der Waals surface area contributed by atoms with Crippen molar-refractivity contribution in [1.29, 1.82) is 0 Å². The Hall–Kier alpha value is -4.08. The summed E-state index contributed by atoms with van der Waals surface area (Å²) in [6.07, 6.45) is 5.45. The molecule has 2 atom stereocenters. The average Bonchev–Trinajstić information content (AvgIpc) is 3.42. The fourth-order valence-corrected chi connectivity index (χ4v) is 5.20. The van der Waals surface area contributed by atoms with Gasteiger partial charge in [0.1, 0.15) is 0 Å². The molecule has 1 heterocycles. The van der Waals surface area contributed by atoms with E-state index in [1.165, 1.54) is 38.2 Å². The Kier molecular flexibility index (Phi) is 6.62. The van der Waals surface area contributed by atoms with Crippen molar-refractivity contribution in [2.75, 3.05) is 6.79 Å². The summed E-state index contributed by atoms with van der Waals surface area (Å²) in [5.74, 6) is 1.94. The van der Waals surface area contributed by atoms with Crippen LogP contribution in [0.3, 0.4) is 0 Å². The maximum Gasteiger partial charge on any atom is 0.231 e. The summed E-state index contributed by atoms with van der Waals surface area (Å²) in [6.45, 7) is 3.39. The second-order valence-electron chi connectivity index (χ2n) is 9.81. The third-order valence-electron chi connectivity index (χ3n) is 7.34. The van der Waals surface area contributed by atoms with E-state index in [4.69, 9.17) is 9.47 Å². The molecule has 5 aromatic rings. The zero-order valence-corrected chi connectivity index (χ0v) is 21.1. The predicted molar refractivity (Wildman–Crippen MR) is 153 cm³/mol. The van der Waals surface area contributed by atoms with E-state index < -0.39 is 0 Å². The van der Waals surface area contributed by atoms with Crippen LogP contribution in [0.1, 0.15) is 36.0 Å². The summed E-state index contributed by atoms with van der Waals surface area (Å²) in [5, 5.41) is 8.88. The van der Waals surface area contributed by atoms with E-state index in [9.17, 15) is 0 Å². The molecule has 1 N–H and O–H groups in total. The number of nitrogens with one attached hydrogen (secondary N) is 1. The lowest BCUT2D eigenvalue weighted by atomic mass is 9.88. The molecule has 0 saturated carbocycles. The molecule has 0 spiro atoms. The van der Waals surface area contributed by atoms with Crippen LogP contribution in [0.15, 0.2) is 109 Å². The van der Waals surface area contributed by atoms with Crippen LogP contribution < -0.4 is 14.8 Å². The molecule has 0 aliphatic carbocycles. The predicted octanol–water partition coefficient (Wildman–Crippen LogP) is 8.09. The molecule has 1 aliphatic heterocycles. The molecule has 5 aromatic carbocycles. The first-order valence-electron chi connectivity index (χ1n) is 13.0. The number of hydrogen-bond acceptors (Lipinski definition) is 3. The van der Waals surface area contributed by atoms with Crippen LogP contribution in [0.5, 0.6) is 11.5 Å². The summed E-state index contributed by atoms with van der Waals surface area (Å²) in [4.78, 5) is 0. The molecule has 0 aromatic heterocycles. The molecule has 1 aliphatic rings. The van der Waals surface area contributed by atoms with Gasteiger partial charge in [0, 0.05) is 18.5 Å². The van der Waals surface area contributed by atoms with Gasteiger partial charge in [-0.15, -0.1) is 0 Å². The highest BCUT2D eigenvalue weighted by Crippen LogP contribution is 2.36. The normalized spacial score (nSPS) is 14.4. The van der Waals surface area contributed by atoms with Crippen molar-refractivity contribution in [1.82, 2.24) is 5.32 Å². The molecule has 0 saturated heterocycles. The number of ether oxygens (including phenoxy) is 2. The van der Waals surface area contributed by atoms with Crippen LogP contribution in [0.25, 0.3) is 27.6 Å². The van der Waals surface area contributed by atoms with Gasteiger partial charge in [-0.2, -0.15) is 0 Å². The molecule has 0 radical (unpaired) electrons. The van der Waals surface area contributed by atoms with Crippen molar-refractivity contribution in [3.05, 3.63) is 126 Å². The monoisotopic (exact) mass is 485 g/mol. The lowest BCUT2D eigenvalue weighted by Gasteiger charge is -2.25. The molecule has 0 amide bonds. The topological polar surface area (TPSA) is 30.5 Å². The summed E-state index contributed by atoms with van der Waals surface area (Å²) in [6, 6.07) is 37.0. The summed E-state index contributed by atoms with van der Waals surface area (Å²) in [7, 11) is 0. The minimum absolute atomic E-state index is 0.257. The standard InChI is InChI=1S/C34H31NO2/c1-24(35-22-26-14-16-28-9-3-5-11-30(28)20-26)32(31-17-18-33-34(21-31)37-23-36-33)12-6-7-25-13-15-27-8-2-4-10-29(27)19-25/h2-11,13-21,24,32,35H,12,22-23H2,1H3/b7-6+. The molecule has 184 valence electrons. The summed E-state index contributed by atoms with van der Waals surface area (Å²) < 4.78 is 11.2. The van der Waals surface area contributed by atoms with E-state index in [0.717, 1.165) is 24.5 Å². The fraction of sp³-hybridized carbons (Fsp3) is 0.176. The Bertz CT molecular complexity index is 1570. The highest BCUT2D eigenvalue weighted by molar-refractivity contribution is 5.84. The van der Waals surface area contributed by atoms with E-state index in [-0.39, 0.29) is 12.0 Å². The van der Waals surface area contributed by atoms with Gasteiger partial charge < -0.3 is 14.8 Å². The molecule has 0 fully saturated rings. The molecular weight excluding hydrogens is 454 g/mol. The molecule has 0 bridgehead atoms. The number of benzene rings is 5. The van der Waals surface area contributed by atoms with E-state index in [1.54, 1.807) is 0 Å². The average molecular weight is 486 g/mol. The lowest BCUT2D eigenvalue weighted by Crippen LogP contribution is -2.31. The lowest BCUT2D eigenvalue weighted by molar-refractivity contribution is 0.174. The Morgan fingerprint density at radius 2 is 1.43 bits per heavy atom. The van der Waals surface area contributed by atoms with E-state index in [0.29, 0.717) is 6.79 Å². The SMILES string of the molecule is CC(NCc1ccc2ccccc2c1)C(C/C=C/c1ccc2ccccc2c1)c1ccc2c(c1)OCO2. The maximum absolute atomic E-state index is 5.69. The first-order valence-corrected chi connectivity index (χ1v) is 13.0. The van der Waals surface area contributed by atoms with Gasteiger partial charge in [0.2, 0.25) is 6.79 Å². The van der Waals surface area contributed by atoms with Crippen LogP contribution in [0.4, 0.5) is 0 Å². The highest BCUT2D eigenvalue weighted by Gasteiger charge is 2.22. The Labute approximate surface area is 218 Å². The van der Waals surface area contributed by atoms with Crippen LogP contribution in [-0.2, 0) is 6.54 Å². The highest BCUT2D eigenvalue weighted by atomic mass is 16.7. The van der Waals surface area contributed by atoms with Crippen molar-refractivity contribution in [3.8, 4) is 11.5 Å². The van der Waals surface area contributed by atoms with Crippen LogP contribution in [0, 0.1) is 0 Å². The third kappa shape index (κ3) is 5.23. The molecule has 3 nitrogen and oxygen atoms in total. The largest absolute Gasteiger partial charge is 0.454 e. The molecule has 3 heteroatoms. The van der Waals surface area contributed by atoms with Crippen molar-refractivity contribution in [2.24, 2.45) is 0 Å². The zero-order valence-electron chi connectivity index (χ0n) is 21.1. The quantitative estimate of drug-likeness (QED) is 0.241. The Morgan fingerprint density at radius 3 is 2.24 bits per heavy atom. The number of fused-ring (bicyclic) bond motifs is 3. The first-order chi connectivity index (χ1) is 18.2. The number of hydrogen-bond donors (Lipinski definition) is 1. The molecule has 6 rings (SSSR count). The Morgan fingerprint density at radius 1 is 0.730 bits per heavy atom. The molecule has 2 unspecified atom stereocenters. The van der Waals surface area contributed by atoms with Gasteiger partial charge in [-0.3, -0.25) is 0 Å². The second kappa shape index (κ2) is 10.5.